The van der Waals surface area contributed by atoms with Crippen LogP contribution in [0.5, 0.6) is 0 Å². The Morgan fingerprint density at radius 2 is 2.11 bits per heavy atom. The van der Waals surface area contributed by atoms with E-state index in [1.54, 1.807) is 12.1 Å². The molecule has 0 spiro atoms. The average molecular weight is 256 g/mol. The van der Waals surface area contributed by atoms with Crippen molar-refractivity contribution in [3.8, 4) is 0 Å². The number of carbonyl (C=O) groups is 1. The van der Waals surface area contributed by atoms with Gasteiger partial charge < -0.3 is 10.0 Å². The molecule has 0 atom stereocenters. The van der Waals surface area contributed by atoms with Gasteiger partial charge in [-0.1, -0.05) is 30.4 Å². The number of rotatable bonds is 4. The maximum atomic E-state index is 11.3. The molecule has 0 unspecified atom stereocenters. The number of carboxylic acids is 1. The Kier molecular flexibility index (Phi) is 3.51. The zero-order valence-electron chi connectivity index (χ0n) is 11.1. The second kappa shape index (κ2) is 5.10. The van der Waals surface area contributed by atoms with Gasteiger partial charge in [0, 0.05) is 19.0 Å². The Balaban J connectivity index is 2.58. The first-order chi connectivity index (χ1) is 8.99. The van der Waals surface area contributed by atoms with Crippen LogP contribution >= 0.6 is 0 Å². The van der Waals surface area contributed by atoms with Crippen LogP contribution < -0.4 is 4.90 Å². The van der Waals surface area contributed by atoms with Crippen molar-refractivity contribution in [2.45, 2.75) is 6.92 Å². The van der Waals surface area contributed by atoms with Crippen molar-refractivity contribution in [2.75, 3.05) is 18.5 Å². The highest BCUT2D eigenvalue weighted by atomic mass is 16.4. The normalized spacial score (nSPS) is 10.4. The third-order valence-electron chi connectivity index (χ3n) is 2.83. The molecule has 0 saturated carbocycles. The molecule has 0 fully saturated rings. The lowest BCUT2D eigenvalue weighted by Gasteiger charge is -2.19. The van der Waals surface area contributed by atoms with Gasteiger partial charge in [-0.15, -0.1) is 0 Å². The zero-order chi connectivity index (χ0) is 14.0. The van der Waals surface area contributed by atoms with Crippen LogP contribution in [0.4, 0.5) is 5.82 Å². The third kappa shape index (κ3) is 2.73. The van der Waals surface area contributed by atoms with E-state index in [2.05, 4.69) is 11.6 Å². The minimum atomic E-state index is -0.941. The lowest BCUT2D eigenvalue weighted by atomic mass is 10.1. The summed E-state index contributed by atoms with van der Waals surface area (Å²) < 4.78 is 0. The van der Waals surface area contributed by atoms with Gasteiger partial charge in [-0.3, -0.25) is 0 Å². The van der Waals surface area contributed by atoms with Crippen molar-refractivity contribution >= 4 is 22.7 Å². The fraction of sp³-hybridized carbons (Fsp3) is 0.200. The number of nitrogens with zero attached hydrogens (tertiary/aromatic N) is 2. The van der Waals surface area contributed by atoms with E-state index in [1.165, 1.54) is 0 Å². The van der Waals surface area contributed by atoms with Crippen LogP contribution in [0.25, 0.3) is 10.9 Å². The summed E-state index contributed by atoms with van der Waals surface area (Å²) in [6.07, 6.45) is 0. The standard InChI is InChI=1S/C15H16N2O2/c1-10(2)9-17(3)14-8-12(15(18)19)11-6-4-5-7-13(11)16-14/h4-8H,1,9H2,2-3H3,(H,18,19). The largest absolute Gasteiger partial charge is 0.478 e. The van der Waals surface area contributed by atoms with Crippen molar-refractivity contribution in [2.24, 2.45) is 0 Å². The van der Waals surface area contributed by atoms with Crippen LogP contribution in [0.15, 0.2) is 42.5 Å². The molecule has 19 heavy (non-hydrogen) atoms. The fourth-order valence-electron chi connectivity index (χ4n) is 2.02. The monoisotopic (exact) mass is 256 g/mol. The van der Waals surface area contributed by atoms with E-state index >= 15 is 0 Å². The van der Waals surface area contributed by atoms with Crippen LogP contribution in [-0.4, -0.2) is 29.7 Å². The first kappa shape index (κ1) is 13.1. The lowest BCUT2D eigenvalue weighted by Crippen LogP contribution is -2.20. The molecule has 2 rings (SSSR count). The summed E-state index contributed by atoms with van der Waals surface area (Å²) in [5.74, 6) is -0.303. The predicted molar refractivity (Wildman–Crippen MR) is 76.8 cm³/mol. The molecule has 2 aromatic rings. The molecular formula is C15H16N2O2. The van der Waals surface area contributed by atoms with Crippen LogP contribution in [0, 0.1) is 0 Å². The topological polar surface area (TPSA) is 53.4 Å². The lowest BCUT2D eigenvalue weighted by molar-refractivity contribution is 0.0699. The number of para-hydroxylation sites is 1. The van der Waals surface area contributed by atoms with Gasteiger partial charge in [-0.2, -0.15) is 0 Å². The molecule has 4 nitrogen and oxygen atoms in total. The highest BCUT2D eigenvalue weighted by molar-refractivity contribution is 6.03. The van der Waals surface area contributed by atoms with Crippen LogP contribution in [0.1, 0.15) is 17.3 Å². The number of hydrogen-bond acceptors (Lipinski definition) is 3. The molecule has 4 heteroatoms. The van der Waals surface area contributed by atoms with Crippen molar-refractivity contribution in [1.29, 1.82) is 0 Å². The van der Waals surface area contributed by atoms with Crippen molar-refractivity contribution < 1.29 is 9.90 Å². The number of hydrogen-bond donors (Lipinski definition) is 1. The van der Waals surface area contributed by atoms with Crippen LogP contribution in [-0.2, 0) is 0 Å². The second-order valence-electron chi connectivity index (χ2n) is 4.66. The SMILES string of the molecule is C=C(C)CN(C)c1cc(C(=O)O)c2ccccc2n1. The molecular weight excluding hydrogens is 240 g/mol. The Morgan fingerprint density at radius 1 is 1.42 bits per heavy atom. The summed E-state index contributed by atoms with van der Waals surface area (Å²) in [6, 6.07) is 8.86. The van der Waals surface area contributed by atoms with E-state index in [0.717, 1.165) is 5.57 Å². The Labute approximate surface area is 112 Å². The summed E-state index contributed by atoms with van der Waals surface area (Å²) in [4.78, 5) is 17.7. The smallest absolute Gasteiger partial charge is 0.336 e. The van der Waals surface area contributed by atoms with Gasteiger partial charge in [-0.05, 0) is 19.1 Å². The molecule has 0 bridgehead atoms. The van der Waals surface area contributed by atoms with E-state index in [0.29, 0.717) is 23.3 Å². The van der Waals surface area contributed by atoms with E-state index in [9.17, 15) is 9.90 Å². The van der Waals surface area contributed by atoms with Gasteiger partial charge in [0.1, 0.15) is 5.82 Å². The Bertz CT molecular complexity index is 650. The number of benzene rings is 1. The first-order valence-corrected chi connectivity index (χ1v) is 5.97. The quantitative estimate of drug-likeness (QED) is 0.854. The summed E-state index contributed by atoms with van der Waals surface area (Å²) >= 11 is 0. The highest BCUT2D eigenvalue weighted by Crippen LogP contribution is 2.22. The van der Waals surface area contributed by atoms with Gasteiger partial charge >= 0.3 is 5.97 Å². The van der Waals surface area contributed by atoms with Gasteiger partial charge in [0.05, 0.1) is 11.1 Å². The Morgan fingerprint density at radius 3 is 2.74 bits per heavy atom. The summed E-state index contributed by atoms with van der Waals surface area (Å²) in [7, 11) is 1.87. The number of pyridine rings is 1. The highest BCUT2D eigenvalue weighted by Gasteiger charge is 2.13. The Hall–Kier alpha value is -2.36. The number of fused-ring (bicyclic) bond motifs is 1. The molecule has 0 amide bonds. The van der Waals surface area contributed by atoms with Crippen LogP contribution in [0.2, 0.25) is 0 Å². The summed E-state index contributed by atoms with van der Waals surface area (Å²) in [5, 5.41) is 9.96. The van der Waals surface area contributed by atoms with Gasteiger partial charge in [0.25, 0.3) is 0 Å². The molecule has 1 aromatic carbocycles. The van der Waals surface area contributed by atoms with Crippen molar-refractivity contribution in [1.82, 2.24) is 4.98 Å². The molecule has 98 valence electrons. The molecule has 1 aromatic heterocycles. The van der Waals surface area contributed by atoms with Gasteiger partial charge in [0.2, 0.25) is 0 Å². The van der Waals surface area contributed by atoms with Crippen LogP contribution in [0.3, 0.4) is 0 Å². The number of aromatic nitrogens is 1. The number of aromatic carboxylic acids is 1. The molecule has 0 saturated heterocycles. The van der Waals surface area contributed by atoms with Crippen molar-refractivity contribution in [3.63, 3.8) is 0 Å². The molecule has 1 N–H and O–H groups in total. The van der Waals surface area contributed by atoms with E-state index in [1.807, 2.05) is 37.1 Å². The summed E-state index contributed by atoms with van der Waals surface area (Å²) in [5.41, 5.74) is 1.95. The first-order valence-electron chi connectivity index (χ1n) is 5.97. The zero-order valence-corrected chi connectivity index (χ0v) is 11.1. The number of likely N-dealkylation sites (N-methyl/N-ethyl adjacent to an activating group) is 1. The molecule has 0 aliphatic carbocycles. The number of carboxylic acid groups (broad SMARTS) is 1. The minimum absolute atomic E-state index is 0.272. The second-order valence-corrected chi connectivity index (χ2v) is 4.66. The van der Waals surface area contributed by atoms with Gasteiger partial charge in [-0.25, -0.2) is 9.78 Å². The maximum absolute atomic E-state index is 11.3. The van der Waals surface area contributed by atoms with E-state index in [-0.39, 0.29) is 5.56 Å². The van der Waals surface area contributed by atoms with Gasteiger partial charge in [0.15, 0.2) is 0 Å². The molecule has 0 aliphatic heterocycles. The van der Waals surface area contributed by atoms with E-state index < -0.39 is 5.97 Å². The third-order valence-corrected chi connectivity index (χ3v) is 2.83. The summed E-state index contributed by atoms with van der Waals surface area (Å²) in [6.45, 7) is 6.42. The number of anilines is 1. The maximum Gasteiger partial charge on any atom is 0.336 e. The van der Waals surface area contributed by atoms with Crippen molar-refractivity contribution in [3.05, 3.63) is 48.0 Å². The molecule has 1 heterocycles. The minimum Gasteiger partial charge on any atom is -0.478 e. The molecule has 0 radical (unpaired) electrons. The fourth-order valence-corrected chi connectivity index (χ4v) is 2.02. The van der Waals surface area contributed by atoms with E-state index in [4.69, 9.17) is 0 Å². The average Bonchev–Trinajstić information content (AvgIpc) is 2.36. The predicted octanol–water partition coefficient (Wildman–Crippen LogP) is 2.95. The molecule has 0 aliphatic rings.